The van der Waals surface area contributed by atoms with E-state index in [4.69, 9.17) is 0 Å². The van der Waals surface area contributed by atoms with E-state index in [9.17, 15) is 0 Å². The molecule has 21 heavy (non-hydrogen) atoms. The molecule has 0 fully saturated rings. The summed E-state index contributed by atoms with van der Waals surface area (Å²) in [5.41, 5.74) is 3.44. The Morgan fingerprint density at radius 3 is 2.24 bits per heavy atom. The standard InChI is InChI=1S/C16H14N4S/c1-17-16-13(18-19-21-16)10-20-14-8-4-2-6-11(14)12-7-3-5-9-15(12)20/h2-9,17H,10H2,1H3. The van der Waals surface area contributed by atoms with Crippen molar-refractivity contribution in [3.05, 3.63) is 54.2 Å². The molecule has 2 heterocycles. The van der Waals surface area contributed by atoms with E-state index in [1.807, 2.05) is 7.05 Å². The number of aromatic nitrogens is 3. The Morgan fingerprint density at radius 2 is 1.62 bits per heavy atom. The third-order valence-corrected chi connectivity index (χ3v) is 4.56. The second-order valence-electron chi connectivity index (χ2n) is 4.92. The molecule has 0 saturated heterocycles. The van der Waals surface area contributed by atoms with Crippen molar-refractivity contribution < 1.29 is 0 Å². The van der Waals surface area contributed by atoms with Crippen molar-refractivity contribution in [2.45, 2.75) is 6.54 Å². The summed E-state index contributed by atoms with van der Waals surface area (Å²) in [5, 5.41) is 11.0. The number of fused-ring (bicyclic) bond motifs is 3. The Labute approximate surface area is 126 Å². The van der Waals surface area contributed by atoms with Gasteiger partial charge in [0.05, 0.1) is 6.54 Å². The number of hydrogen-bond acceptors (Lipinski definition) is 4. The van der Waals surface area contributed by atoms with Crippen molar-refractivity contribution in [2.24, 2.45) is 0 Å². The molecule has 4 nitrogen and oxygen atoms in total. The average molecular weight is 294 g/mol. The second kappa shape index (κ2) is 4.86. The summed E-state index contributed by atoms with van der Waals surface area (Å²) in [5.74, 6) is 0. The molecule has 0 spiro atoms. The maximum atomic E-state index is 4.26. The second-order valence-corrected chi connectivity index (χ2v) is 5.67. The molecular weight excluding hydrogens is 280 g/mol. The van der Waals surface area contributed by atoms with Gasteiger partial charge in [-0.3, -0.25) is 0 Å². The zero-order chi connectivity index (χ0) is 14.2. The van der Waals surface area contributed by atoms with Crippen molar-refractivity contribution >= 4 is 38.3 Å². The van der Waals surface area contributed by atoms with Crippen LogP contribution in [0.5, 0.6) is 0 Å². The fourth-order valence-electron chi connectivity index (χ4n) is 2.83. The molecule has 2 aromatic heterocycles. The molecule has 1 N–H and O–H groups in total. The largest absolute Gasteiger partial charge is 0.377 e. The van der Waals surface area contributed by atoms with E-state index in [0.717, 1.165) is 17.2 Å². The first-order chi connectivity index (χ1) is 10.4. The highest BCUT2D eigenvalue weighted by Gasteiger charge is 2.13. The van der Waals surface area contributed by atoms with E-state index in [1.54, 1.807) is 0 Å². The van der Waals surface area contributed by atoms with E-state index in [-0.39, 0.29) is 0 Å². The Kier molecular flexibility index (Phi) is 2.86. The molecule has 0 unspecified atom stereocenters. The summed E-state index contributed by atoms with van der Waals surface area (Å²) in [6.45, 7) is 0.723. The molecule has 2 aromatic carbocycles. The monoisotopic (exact) mass is 294 g/mol. The average Bonchev–Trinajstić information content (AvgIpc) is 3.11. The maximum absolute atomic E-state index is 4.26. The van der Waals surface area contributed by atoms with Crippen LogP contribution in [0.25, 0.3) is 21.8 Å². The summed E-state index contributed by atoms with van der Waals surface area (Å²) in [4.78, 5) is 0. The molecular formula is C16H14N4S. The summed E-state index contributed by atoms with van der Waals surface area (Å²) >= 11 is 1.40. The van der Waals surface area contributed by atoms with Crippen molar-refractivity contribution in [3.8, 4) is 0 Å². The smallest absolute Gasteiger partial charge is 0.134 e. The van der Waals surface area contributed by atoms with Crippen LogP contribution in [-0.2, 0) is 6.54 Å². The van der Waals surface area contributed by atoms with Gasteiger partial charge >= 0.3 is 0 Å². The number of para-hydroxylation sites is 2. The maximum Gasteiger partial charge on any atom is 0.134 e. The van der Waals surface area contributed by atoms with Gasteiger partial charge in [0.2, 0.25) is 0 Å². The van der Waals surface area contributed by atoms with Crippen LogP contribution in [0.15, 0.2) is 48.5 Å². The van der Waals surface area contributed by atoms with Crippen molar-refractivity contribution in [1.29, 1.82) is 0 Å². The van der Waals surface area contributed by atoms with Crippen LogP contribution >= 0.6 is 11.5 Å². The van der Waals surface area contributed by atoms with Crippen molar-refractivity contribution in [1.82, 2.24) is 14.2 Å². The third kappa shape index (κ3) is 1.89. The predicted molar refractivity (Wildman–Crippen MR) is 88.0 cm³/mol. The van der Waals surface area contributed by atoms with Crippen LogP contribution in [-0.4, -0.2) is 21.2 Å². The van der Waals surface area contributed by atoms with Gasteiger partial charge in [-0.05, 0) is 12.1 Å². The number of hydrogen-bond donors (Lipinski definition) is 1. The fraction of sp³-hybridized carbons (Fsp3) is 0.125. The number of nitrogens with one attached hydrogen (secondary N) is 1. The lowest BCUT2D eigenvalue weighted by molar-refractivity contribution is 0.827. The lowest BCUT2D eigenvalue weighted by atomic mass is 10.2. The summed E-state index contributed by atoms with van der Waals surface area (Å²) in [7, 11) is 1.91. The van der Waals surface area contributed by atoms with Crippen LogP contribution in [0.4, 0.5) is 5.00 Å². The lowest BCUT2D eigenvalue weighted by Gasteiger charge is -2.06. The van der Waals surface area contributed by atoms with Gasteiger partial charge in [-0.2, -0.15) is 0 Å². The fourth-order valence-corrected chi connectivity index (χ4v) is 3.35. The highest BCUT2D eigenvalue weighted by molar-refractivity contribution is 7.10. The zero-order valence-corrected chi connectivity index (χ0v) is 12.4. The normalized spacial score (nSPS) is 11.3. The van der Waals surface area contributed by atoms with E-state index in [2.05, 4.69) is 68.0 Å². The van der Waals surface area contributed by atoms with Crippen LogP contribution in [0, 0.1) is 0 Å². The quantitative estimate of drug-likeness (QED) is 0.626. The molecule has 0 saturated carbocycles. The van der Waals surface area contributed by atoms with Crippen molar-refractivity contribution in [2.75, 3.05) is 12.4 Å². The van der Waals surface area contributed by atoms with Gasteiger partial charge in [0.25, 0.3) is 0 Å². The van der Waals surface area contributed by atoms with Crippen LogP contribution < -0.4 is 5.32 Å². The topological polar surface area (TPSA) is 42.7 Å². The first-order valence-corrected chi connectivity index (χ1v) is 7.61. The number of rotatable bonds is 3. The molecule has 0 aliphatic rings. The molecule has 4 rings (SSSR count). The Bertz CT molecular complexity index is 869. The minimum absolute atomic E-state index is 0.723. The van der Waals surface area contributed by atoms with Gasteiger partial charge in [-0.1, -0.05) is 40.9 Å². The third-order valence-electron chi connectivity index (χ3n) is 3.77. The van der Waals surface area contributed by atoms with Gasteiger partial charge in [-0.15, -0.1) is 5.10 Å². The zero-order valence-electron chi connectivity index (χ0n) is 11.6. The Balaban J connectivity index is 1.98. The Hall–Kier alpha value is -2.40. The predicted octanol–water partition coefficient (Wildman–Crippen LogP) is 3.74. The summed E-state index contributed by atoms with van der Waals surface area (Å²) in [6.07, 6.45) is 0. The van der Waals surface area contributed by atoms with E-state index in [1.165, 1.54) is 33.3 Å². The SMILES string of the molecule is CNc1snnc1Cn1c2ccccc2c2ccccc21. The van der Waals surface area contributed by atoms with Crippen LogP contribution in [0.3, 0.4) is 0 Å². The lowest BCUT2D eigenvalue weighted by Crippen LogP contribution is -2.02. The summed E-state index contributed by atoms with van der Waals surface area (Å²) < 4.78 is 6.36. The number of benzene rings is 2. The van der Waals surface area contributed by atoms with E-state index >= 15 is 0 Å². The van der Waals surface area contributed by atoms with Gasteiger partial charge in [0, 0.05) is 40.4 Å². The van der Waals surface area contributed by atoms with Gasteiger partial charge in [0.15, 0.2) is 0 Å². The van der Waals surface area contributed by atoms with Gasteiger partial charge < -0.3 is 9.88 Å². The molecule has 4 aromatic rings. The Morgan fingerprint density at radius 1 is 1.00 bits per heavy atom. The molecule has 0 bridgehead atoms. The molecule has 5 heteroatoms. The van der Waals surface area contributed by atoms with Crippen LogP contribution in [0.1, 0.15) is 5.69 Å². The minimum atomic E-state index is 0.723. The summed E-state index contributed by atoms with van der Waals surface area (Å²) in [6, 6.07) is 17.0. The highest BCUT2D eigenvalue weighted by Crippen LogP contribution is 2.30. The molecule has 0 atom stereocenters. The number of nitrogens with zero attached hydrogens (tertiary/aromatic N) is 3. The van der Waals surface area contributed by atoms with E-state index in [0.29, 0.717) is 0 Å². The molecule has 0 amide bonds. The molecule has 0 radical (unpaired) electrons. The van der Waals surface area contributed by atoms with E-state index < -0.39 is 0 Å². The van der Waals surface area contributed by atoms with Crippen molar-refractivity contribution in [3.63, 3.8) is 0 Å². The molecule has 0 aliphatic carbocycles. The van der Waals surface area contributed by atoms with Crippen LogP contribution in [0.2, 0.25) is 0 Å². The number of anilines is 1. The van der Waals surface area contributed by atoms with Gasteiger partial charge in [0.1, 0.15) is 10.7 Å². The molecule has 104 valence electrons. The molecule has 0 aliphatic heterocycles. The minimum Gasteiger partial charge on any atom is -0.377 e. The first kappa shape index (κ1) is 12.3. The highest BCUT2D eigenvalue weighted by atomic mass is 32.1. The first-order valence-electron chi connectivity index (χ1n) is 6.83. The van der Waals surface area contributed by atoms with Gasteiger partial charge in [-0.25, -0.2) is 0 Å².